The molecule has 0 bridgehead atoms. The summed E-state index contributed by atoms with van der Waals surface area (Å²) >= 11 is 0. The molecule has 148 valence electrons. The molecule has 1 atom stereocenters. The molecule has 0 radical (unpaired) electrons. The van der Waals surface area contributed by atoms with E-state index in [4.69, 9.17) is 0 Å². The molecule has 4 rings (SSSR count). The lowest BCUT2D eigenvalue weighted by Gasteiger charge is -2.35. The van der Waals surface area contributed by atoms with E-state index >= 15 is 0 Å². The highest BCUT2D eigenvalue weighted by Crippen LogP contribution is 2.31. The maximum atomic E-state index is 13.4. The van der Waals surface area contributed by atoms with Crippen molar-refractivity contribution in [1.82, 2.24) is 9.80 Å². The Morgan fingerprint density at radius 2 is 1.64 bits per heavy atom. The van der Waals surface area contributed by atoms with Crippen LogP contribution in [0.2, 0.25) is 0 Å². The van der Waals surface area contributed by atoms with E-state index in [9.17, 15) is 18.7 Å². The molecule has 2 saturated heterocycles. The number of benzene rings is 2. The van der Waals surface area contributed by atoms with Crippen LogP contribution < -0.4 is 0 Å². The van der Waals surface area contributed by atoms with Crippen LogP contribution in [-0.4, -0.2) is 46.5 Å². The quantitative estimate of drug-likeness (QED) is 0.872. The molecule has 2 aliphatic rings. The summed E-state index contributed by atoms with van der Waals surface area (Å²) in [5, 5.41) is 9.44. The van der Waals surface area contributed by atoms with Crippen molar-refractivity contribution in [2.24, 2.45) is 0 Å². The zero-order valence-electron chi connectivity index (χ0n) is 15.7. The molecule has 4 nitrogen and oxygen atoms in total. The van der Waals surface area contributed by atoms with E-state index < -0.39 is 11.6 Å². The smallest absolute Gasteiger partial charge is 0.240 e. The number of hydrogen-bond donors (Lipinski definition) is 1. The highest BCUT2D eigenvalue weighted by Gasteiger charge is 2.37. The van der Waals surface area contributed by atoms with Crippen molar-refractivity contribution in [1.29, 1.82) is 0 Å². The van der Waals surface area contributed by atoms with Crippen molar-refractivity contribution >= 4 is 5.91 Å². The molecule has 2 aromatic rings. The van der Waals surface area contributed by atoms with Gasteiger partial charge >= 0.3 is 0 Å². The van der Waals surface area contributed by atoms with Gasteiger partial charge in [0.2, 0.25) is 5.91 Å². The third kappa shape index (κ3) is 3.87. The van der Waals surface area contributed by atoms with Crippen LogP contribution >= 0.6 is 0 Å². The predicted octanol–water partition coefficient (Wildman–Crippen LogP) is 3.65. The molecular formula is C22H24F2N2O2. The van der Waals surface area contributed by atoms with Crippen LogP contribution in [0.4, 0.5) is 8.78 Å². The Kier molecular flexibility index (Phi) is 5.31. The second-order valence-corrected chi connectivity index (χ2v) is 7.71. The monoisotopic (exact) mass is 386 g/mol. The second kappa shape index (κ2) is 7.87. The average Bonchev–Trinajstić information content (AvgIpc) is 3.06. The number of carbonyl (C=O) groups excluding carboxylic acids is 1. The number of rotatable bonds is 4. The van der Waals surface area contributed by atoms with Crippen molar-refractivity contribution in [2.75, 3.05) is 19.6 Å². The summed E-state index contributed by atoms with van der Waals surface area (Å²) in [4.78, 5) is 16.8. The first-order valence-electron chi connectivity index (χ1n) is 9.77. The van der Waals surface area contributed by atoms with Gasteiger partial charge in [0.25, 0.3) is 0 Å². The largest absolute Gasteiger partial charge is 0.508 e. The molecule has 2 fully saturated rings. The standard InChI is InChI=1S/C22H24F2N2O2/c23-19-6-1-15(13-20(19)24)14-26-12-9-21(22(26)28)25-10-7-17(8-11-25)16-2-4-18(27)5-3-16/h1-6,13,17,21,27H,7-12,14H2/t21-/m1/s1. The fourth-order valence-corrected chi connectivity index (χ4v) is 4.37. The lowest BCUT2D eigenvalue weighted by Crippen LogP contribution is -2.45. The molecule has 2 aliphatic heterocycles. The van der Waals surface area contributed by atoms with Gasteiger partial charge in [0, 0.05) is 13.1 Å². The Balaban J connectivity index is 1.34. The Morgan fingerprint density at radius 3 is 2.32 bits per heavy atom. The fraction of sp³-hybridized carbons (Fsp3) is 0.409. The van der Waals surface area contributed by atoms with Crippen molar-refractivity contribution in [3.8, 4) is 5.75 Å². The molecule has 28 heavy (non-hydrogen) atoms. The van der Waals surface area contributed by atoms with Gasteiger partial charge in [0.05, 0.1) is 6.04 Å². The summed E-state index contributed by atoms with van der Waals surface area (Å²) in [6, 6.07) is 11.1. The highest BCUT2D eigenvalue weighted by molar-refractivity contribution is 5.84. The number of hydrogen-bond acceptors (Lipinski definition) is 3. The van der Waals surface area contributed by atoms with Crippen LogP contribution in [0.1, 0.15) is 36.3 Å². The highest BCUT2D eigenvalue weighted by atomic mass is 19.2. The van der Waals surface area contributed by atoms with Crippen molar-refractivity contribution in [3.63, 3.8) is 0 Å². The lowest BCUT2D eigenvalue weighted by molar-refractivity contribution is -0.133. The molecule has 0 saturated carbocycles. The number of carbonyl (C=O) groups is 1. The number of amides is 1. The minimum atomic E-state index is -0.878. The number of aromatic hydroxyl groups is 1. The van der Waals surface area contributed by atoms with Gasteiger partial charge in [-0.3, -0.25) is 9.69 Å². The van der Waals surface area contributed by atoms with Gasteiger partial charge in [-0.15, -0.1) is 0 Å². The number of piperidine rings is 1. The van der Waals surface area contributed by atoms with E-state index in [2.05, 4.69) is 4.90 Å². The lowest BCUT2D eigenvalue weighted by atomic mass is 9.89. The normalized spacial score (nSPS) is 21.4. The Bertz CT molecular complexity index is 848. The van der Waals surface area contributed by atoms with Gasteiger partial charge in [-0.25, -0.2) is 8.78 Å². The van der Waals surface area contributed by atoms with Crippen LogP contribution in [0.25, 0.3) is 0 Å². The number of phenols is 1. The van der Waals surface area contributed by atoms with Crippen LogP contribution in [0.3, 0.4) is 0 Å². The van der Waals surface area contributed by atoms with Gasteiger partial charge in [-0.2, -0.15) is 0 Å². The van der Waals surface area contributed by atoms with Gasteiger partial charge in [-0.05, 0) is 73.7 Å². The first kappa shape index (κ1) is 18.9. The van der Waals surface area contributed by atoms with Crippen LogP contribution in [0.15, 0.2) is 42.5 Å². The molecule has 1 amide bonds. The van der Waals surface area contributed by atoms with Gasteiger partial charge in [-0.1, -0.05) is 18.2 Å². The van der Waals surface area contributed by atoms with Crippen LogP contribution in [-0.2, 0) is 11.3 Å². The minimum Gasteiger partial charge on any atom is -0.508 e. The van der Waals surface area contributed by atoms with Crippen LogP contribution in [0, 0.1) is 11.6 Å². The Labute approximate surface area is 163 Å². The van der Waals surface area contributed by atoms with E-state index in [-0.39, 0.29) is 17.7 Å². The van der Waals surface area contributed by atoms with Crippen molar-refractivity contribution in [2.45, 2.75) is 37.8 Å². The molecule has 0 unspecified atom stereocenters. The zero-order valence-corrected chi connectivity index (χ0v) is 15.7. The SMILES string of the molecule is O=C1[C@H](N2CCC(c3ccc(O)cc3)CC2)CCN1Cc1ccc(F)c(F)c1. The summed E-state index contributed by atoms with van der Waals surface area (Å²) in [7, 11) is 0. The molecule has 2 heterocycles. The number of phenolic OH excluding ortho intramolecular Hbond substituents is 1. The Morgan fingerprint density at radius 1 is 0.929 bits per heavy atom. The summed E-state index contributed by atoms with van der Waals surface area (Å²) in [6.45, 7) is 2.68. The molecule has 0 aromatic heterocycles. The van der Waals surface area contributed by atoms with Gasteiger partial charge in [0.1, 0.15) is 5.75 Å². The Hall–Kier alpha value is -2.47. The van der Waals surface area contributed by atoms with Crippen molar-refractivity contribution < 1.29 is 18.7 Å². The van der Waals surface area contributed by atoms with E-state index in [1.165, 1.54) is 17.7 Å². The maximum Gasteiger partial charge on any atom is 0.240 e. The summed E-state index contributed by atoms with van der Waals surface area (Å²) in [5.41, 5.74) is 1.84. The molecule has 0 spiro atoms. The molecule has 1 N–H and O–H groups in total. The van der Waals surface area contributed by atoms with Crippen molar-refractivity contribution in [3.05, 3.63) is 65.2 Å². The third-order valence-corrected chi connectivity index (χ3v) is 5.96. The van der Waals surface area contributed by atoms with Gasteiger partial charge < -0.3 is 10.0 Å². The van der Waals surface area contributed by atoms with E-state index in [1.807, 2.05) is 12.1 Å². The fourth-order valence-electron chi connectivity index (χ4n) is 4.37. The molecule has 6 heteroatoms. The first-order chi connectivity index (χ1) is 13.5. The number of nitrogens with zero attached hydrogens (tertiary/aromatic N) is 2. The van der Waals surface area contributed by atoms with E-state index in [0.29, 0.717) is 24.6 Å². The van der Waals surface area contributed by atoms with Crippen LogP contribution in [0.5, 0.6) is 5.75 Å². The first-order valence-corrected chi connectivity index (χ1v) is 9.77. The zero-order chi connectivity index (χ0) is 19.7. The predicted molar refractivity (Wildman–Crippen MR) is 102 cm³/mol. The average molecular weight is 386 g/mol. The molecule has 0 aliphatic carbocycles. The summed E-state index contributed by atoms with van der Waals surface area (Å²) in [5.74, 6) is -0.943. The van der Waals surface area contributed by atoms with Gasteiger partial charge in [0.15, 0.2) is 11.6 Å². The minimum absolute atomic E-state index is 0.0767. The summed E-state index contributed by atoms with van der Waals surface area (Å²) in [6.07, 6.45) is 2.74. The number of halogens is 2. The molecule has 2 aromatic carbocycles. The third-order valence-electron chi connectivity index (χ3n) is 5.96. The number of likely N-dealkylation sites (tertiary alicyclic amines) is 2. The van der Waals surface area contributed by atoms with E-state index in [0.717, 1.165) is 38.4 Å². The summed E-state index contributed by atoms with van der Waals surface area (Å²) < 4.78 is 26.5. The topological polar surface area (TPSA) is 43.8 Å². The second-order valence-electron chi connectivity index (χ2n) is 7.71. The maximum absolute atomic E-state index is 13.4. The van der Waals surface area contributed by atoms with E-state index in [1.54, 1.807) is 17.0 Å². The molecular weight excluding hydrogens is 362 g/mol.